The Morgan fingerprint density at radius 3 is 2.37 bits per heavy atom. The molecule has 2 aromatic carbocycles. The molecule has 3 rings (SSSR count). The van der Waals surface area contributed by atoms with E-state index in [0.717, 1.165) is 13.1 Å². The van der Waals surface area contributed by atoms with Gasteiger partial charge >= 0.3 is 11.8 Å². The summed E-state index contributed by atoms with van der Waals surface area (Å²) < 4.78 is 0. The average molecular weight is 367 g/mol. The van der Waals surface area contributed by atoms with Crippen LogP contribution in [0.5, 0.6) is 0 Å². The number of carbonyl (C=O) groups excluding carboxylic acids is 2. The van der Waals surface area contributed by atoms with E-state index in [4.69, 9.17) is 0 Å². The highest BCUT2D eigenvalue weighted by atomic mass is 16.2. The summed E-state index contributed by atoms with van der Waals surface area (Å²) in [6.45, 7) is 8.03. The molecule has 1 heterocycles. The summed E-state index contributed by atoms with van der Waals surface area (Å²) in [7, 11) is 0. The van der Waals surface area contributed by atoms with Crippen LogP contribution in [0.2, 0.25) is 0 Å². The zero-order valence-corrected chi connectivity index (χ0v) is 16.4. The lowest BCUT2D eigenvalue weighted by molar-refractivity contribution is -0.140. The highest BCUT2D eigenvalue weighted by Crippen LogP contribution is 2.30. The van der Waals surface area contributed by atoms with Crippen LogP contribution in [0.3, 0.4) is 0 Å². The fourth-order valence-electron chi connectivity index (χ4n) is 3.70. The second-order valence-corrected chi connectivity index (χ2v) is 8.24. The van der Waals surface area contributed by atoms with Crippen LogP contribution in [-0.2, 0) is 9.59 Å². The zero-order valence-electron chi connectivity index (χ0n) is 16.4. The Balaban J connectivity index is 1.80. The minimum atomic E-state index is -0.583. The molecule has 0 spiro atoms. The van der Waals surface area contributed by atoms with Gasteiger partial charge in [-0.25, -0.2) is 0 Å². The van der Waals surface area contributed by atoms with Gasteiger partial charge in [0.05, 0.1) is 6.04 Å². The third kappa shape index (κ3) is 4.86. The van der Waals surface area contributed by atoms with E-state index in [1.54, 1.807) is 0 Å². The zero-order chi connectivity index (χ0) is 19.4. The van der Waals surface area contributed by atoms with Crippen molar-refractivity contribution in [2.24, 2.45) is 0 Å². The number of hydrogen-bond donors (Lipinski definition) is 2. The first-order chi connectivity index (χ1) is 12.8. The van der Waals surface area contributed by atoms with Crippen molar-refractivity contribution < 1.29 is 9.59 Å². The number of nitrogens with one attached hydrogen (secondary N) is 2. The van der Waals surface area contributed by atoms with Crippen LogP contribution < -0.4 is 10.6 Å². The molecule has 1 aliphatic heterocycles. The highest BCUT2D eigenvalue weighted by Gasteiger charge is 2.27. The SMILES string of the molecule is CC(C)(C)NC(=O)C(=O)NCC(c1cccc2ccccc12)N1CCCC1. The van der Waals surface area contributed by atoms with Crippen LogP contribution >= 0.6 is 0 Å². The number of carbonyl (C=O) groups is 2. The van der Waals surface area contributed by atoms with Crippen molar-refractivity contribution in [1.29, 1.82) is 0 Å². The molecule has 1 aliphatic rings. The van der Waals surface area contributed by atoms with E-state index in [9.17, 15) is 9.59 Å². The Bertz CT molecular complexity index is 814. The maximum Gasteiger partial charge on any atom is 0.309 e. The molecule has 1 atom stereocenters. The fourth-order valence-corrected chi connectivity index (χ4v) is 3.70. The molecule has 1 fully saturated rings. The molecule has 27 heavy (non-hydrogen) atoms. The molecule has 5 nitrogen and oxygen atoms in total. The van der Waals surface area contributed by atoms with E-state index < -0.39 is 17.4 Å². The number of fused-ring (bicyclic) bond motifs is 1. The van der Waals surface area contributed by atoms with Gasteiger partial charge in [0, 0.05) is 12.1 Å². The summed E-state index contributed by atoms with van der Waals surface area (Å²) >= 11 is 0. The van der Waals surface area contributed by atoms with Crippen molar-refractivity contribution in [2.75, 3.05) is 19.6 Å². The number of amides is 2. The quantitative estimate of drug-likeness (QED) is 0.817. The lowest BCUT2D eigenvalue weighted by atomic mass is 9.97. The van der Waals surface area contributed by atoms with Crippen LogP contribution in [0, 0.1) is 0 Å². The van der Waals surface area contributed by atoms with Crippen molar-refractivity contribution in [3.63, 3.8) is 0 Å². The van der Waals surface area contributed by atoms with Gasteiger partial charge in [0.15, 0.2) is 0 Å². The highest BCUT2D eigenvalue weighted by molar-refractivity contribution is 6.35. The van der Waals surface area contributed by atoms with Crippen molar-refractivity contribution in [3.8, 4) is 0 Å². The van der Waals surface area contributed by atoms with Crippen molar-refractivity contribution in [1.82, 2.24) is 15.5 Å². The van der Waals surface area contributed by atoms with E-state index in [2.05, 4.69) is 45.9 Å². The van der Waals surface area contributed by atoms with E-state index in [1.807, 2.05) is 32.9 Å². The number of rotatable bonds is 4. The predicted octanol–water partition coefficient (Wildman–Crippen LogP) is 3.01. The maximum atomic E-state index is 12.3. The van der Waals surface area contributed by atoms with Gasteiger partial charge in [-0.1, -0.05) is 42.5 Å². The topological polar surface area (TPSA) is 61.4 Å². The Labute approximate surface area is 161 Å². The average Bonchev–Trinajstić information content (AvgIpc) is 3.15. The molecule has 0 aromatic heterocycles. The van der Waals surface area contributed by atoms with Gasteiger partial charge in [0.1, 0.15) is 0 Å². The lowest BCUT2D eigenvalue weighted by Gasteiger charge is -2.29. The summed E-state index contributed by atoms with van der Waals surface area (Å²) in [5.41, 5.74) is 0.768. The molecule has 2 aromatic rings. The Morgan fingerprint density at radius 2 is 1.67 bits per heavy atom. The van der Waals surface area contributed by atoms with Crippen LogP contribution in [0.15, 0.2) is 42.5 Å². The van der Waals surface area contributed by atoms with Gasteiger partial charge in [0.2, 0.25) is 0 Å². The summed E-state index contributed by atoms with van der Waals surface area (Å²) in [4.78, 5) is 26.8. The van der Waals surface area contributed by atoms with Gasteiger partial charge in [-0.3, -0.25) is 14.5 Å². The Hall–Kier alpha value is -2.40. The van der Waals surface area contributed by atoms with E-state index in [-0.39, 0.29) is 6.04 Å². The minimum Gasteiger partial charge on any atom is -0.346 e. The molecule has 0 radical (unpaired) electrons. The number of likely N-dealkylation sites (tertiary alicyclic amines) is 1. The smallest absolute Gasteiger partial charge is 0.309 e. The molecule has 2 amide bonds. The monoisotopic (exact) mass is 367 g/mol. The standard InChI is InChI=1S/C22H29N3O2/c1-22(2,3)24-21(27)20(26)23-15-19(25-13-6-7-14-25)18-12-8-10-16-9-4-5-11-17(16)18/h4-5,8-12,19H,6-7,13-15H2,1-3H3,(H,23,26)(H,24,27). The molecule has 5 heteroatoms. The van der Waals surface area contributed by atoms with Crippen molar-refractivity contribution in [3.05, 3.63) is 48.0 Å². The number of nitrogens with zero attached hydrogens (tertiary/aromatic N) is 1. The van der Waals surface area contributed by atoms with E-state index >= 15 is 0 Å². The third-order valence-electron chi connectivity index (χ3n) is 4.91. The largest absolute Gasteiger partial charge is 0.346 e. The Kier molecular flexibility index (Phi) is 5.80. The van der Waals surface area contributed by atoms with Gasteiger partial charge in [-0.15, -0.1) is 0 Å². The molecule has 144 valence electrons. The molecule has 0 saturated carbocycles. The van der Waals surface area contributed by atoms with Crippen molar-refractivity contribution >= 4 is 22.6 Å². The second kappa shape index (κ2) is 8.09. The number of hydrogen-bond acceptors (Lipinski definition) is 3. The second-order valence-electron chi connectivity index (χ2n) is 8.24. The van der Waals surface area contributed by atoms with E-state index in [0.29, 0.717) is 6.54 Å². The van der Waals surface area contributed by atoms with Crippen LogP contribution in [0.4, 0.5) is 0 Å². The fraction of sp³-hybridized carbons (Fsp3) is 0.455. The number of benzene rings is 2. The first kappa shape index (κ1) is 19.4. The van der Waals surface area contributed by atoms with Gasteiger partial charge < -0.3 is 10.6 Å². The van der Waals surface area contributed by atoms with Gasteiger partial charge in [0.25, 0.3) is 0 Å². The maximum absolute atomic E-state index is 12.3. The van der Waals surface area contributed by atoms with Gasteiger partial charge in [-0.2, -0.15) is 0 Å². The molecular weight excluding hydrogens is 338 g/mol. The molecule has 2 N–H and O–H groups in total. The van der Waals surface area contributed by atoms with Crippen LogP contribution in [0.25, 0.3) is 10.8 Å². The van der Waals surface area contributed by atoms with E-state index in [1.165, 1.54) is 29.2 Å². The molecule has 1 saturated heterocycles. The lowest BCUT2D eigenvalue weighted by Crippen LogP contribution is -2.49. The molecular formula is C22H29N3O2. The first-order valence-electron chi connectivity index (χ1n) is 9.67. The normalized spacial score (nSPS) is 16.3. The van der Waals surface area contributed by atoms with Crippen LogP contribution in [0.1, 0.15) is 45.2 Å². The molecule has 1 unspecified atom stereocenters. The predicted molar refractivity (Wildman–Crippen MR) is 108 cm³/mol. The molecule has 0 aliphatic carbocycles. The van der Waals surface area contributed by atoms with Gasteiger partial charge in [-0.05, 0) is 63.0 Å². The Morgan fingerprint density at radius 1 is 1.00 bits per heavy atom. The third-order valence-corrected chi connectivity index (χ3v) is 4.91. The minimum absolute atomic E-state index is 0.0602. The summed E-state index contributed by atoms with van der Waals surface area (Å²) in [6, 6.07) is 14.7. The summed E-state index contributed by atoms with van der Waals surface area (Å²) in [5.74, 6) is -1.16. The summed E-state index contributed by atoms with van der Waals surface area (Å²) in [6.07, 6.45) is 2.33. The first-order valence-corrected chi connectivity index (χ1v) is 9.67. The van der Waals surface area contributed by atoms with Crippen molar-refractivity contribution in [2.45, 2.75) is 45.2 Å². The molecule has 0 bridgehead atoms. The summed E-state index contributed by atoms with van der Waals surface area (Å²) in [5, 5.41) is 7.96. The van der Waals surface area contributed by atoms with Crippen LogP contribution in [-0.4, -0.2) is 41.9 Å².